The zero-order chi connectivity index (χ0) is 19.3. The van der Waals surface area contributed by atoms with E-state index in [1.54, 1.807) is 42.3 Å². The zero-order valence-corrected chi connectivity index (χ0v) is 16.1. The van der Waals surface area contributed by atoms with E-state index >= 15 is 0 Å². The number of hydrogen-bond donors (Lipinski definition) is 0. The van der Waals surface area contributed by atoms with Gasteiger partial charge in [-0.3, -0.25) is 4.79 Å². The van der Waals surface area contributed by atoms with Crippen molar-refractivity contribution in [3.63, 3.8) is 0 Å². The fraction of sp³-hybridized carbons (Fsp3) is 0.350. The fourth-order valence-electron chi connectivity index (χ4n) is 3.18. The monoisotopic (exact) mass is 388 g/mol. The van der Waals surface area contributed by atoms with E-state index in [9.17, 15) is 13.2 Å². The van der Waals surface area contributed by atoms with Gasteiger partial charge in [-0.05, 0) is 37.1 Å². The summed E-state index contributed by atoms with van der Waals surface area (Å²) in [7, 11) is -1.99. The van der Waals surface area contributed by atoms with Crippen molar-refractivity contribution in [3.8, 4) is 5.75 Å². The lowest BCUT2D eigenvalue weighted by Crippen LogP contribution is -2.47. The number of likely N-dealkylation sites (N-methyl/N-ethyl adjacent to an activating group) is 1. The lowest BCUT2D eigenvalue weighted by atomic mass is 10.2. The number of nitrogens with zero attached hydrogens (tertiary/aromatic N) is 2. The largest absolute Gasteiger partial charge is 0.492 e. The molecule has 1 fully saturated rings. The molecule has 0 saturated carbocycles. The van der Waals surface area contributed by atoms with Crippen LogP contribution < -0.4 is 4.74 Å². The van der Waals surface area contributed by atoms with Gasteiger partial charge in [0.15, 0.2) is 0 Å². The van der Waals surface area contributed by atoms with Gasteiger partial charge < -0.3 is 9.64 Å². The summed E-state index contributed by atoms with van der Waals surface area (Å²) < 4.78 is 32.8. The number of carbonyl (C=O) groups excluding carboxylic acids is 1. The molecule has 0 N–H and O–H groups in total. The van der Waals surface area contributed by atoms with Gasteiger partial charge >= 0.3 is 0 Å². The Bertz CT molecular complexity index is 856. The molecule has 2 aromatic rings. The Morgan fingerprint density at radius 3 is 2.41 bits per heavy atom. The van der Waals surface area contributed by atoms with Crippen LogP contribution in [0.4, 0.5) is 0 Å². The average Bonchev–Trinajstić information content (AvgIpc) is 3.19. The number of benzene rings is 2. The predicted molar refractivity (Wildman–Crippen MR) is 103 cm³/mol. The minimum Gasteiger partial charge on any atom is -0.492 e. The predicted octanol–water partition coefficient (Wildman–Crippen LogP) is 2.38. The summed E-state index contributed by atoms with van der Waals surface area (Å²) in [6, 6.07) is 17.0. The first-order valence-electron chi connectivity index (χ1n) is 9.00. The Hall–Kier alpha value is -2.38. The lowest BCUT2D eigenvalue weighted by molar-refractivity contribution is -0.133. The van der Waals surface area contributed by atoms with Crippen LogP contribution in [0.3, 0.4) is 0 Å². The first-order chi connectivity index (χ1) is 13.0. The smallest absolute Gasteiger partial charge is 0.243 e. The number of para-hydroxylation sites is 1. The zero-order valence-electron chi connectivity index (χ0n) is 15.3. The number of rotatable bonds is 7. The molecule has 1 amide bonds. The summed E-state index contributed by atoms with van der Waals surface area (Å²) in [5.74, 6) is 0.552. The van der Waals surface area contributed by atoms with Crippen molar-refractivity contribution in [1.82, 2.24) is 9.21 Å². The third-order valence-electron chi connectivity index (χ3n) is 4.65. The quantitative estimate of drug-likeness (QED) is 0.730. The highest BCUT2D eigenvalue weighted by Crippen LogP contribution is 2.27. The molecule has 144 valence electrons. The maximum Gasteiger partial charge on any atom is 0.243 e. The molecule has 1 unspecified atom stereocenters. The highest BCUT2D eigenvalue weighted by molar-refractivity contribution is 7.89. The highest BCUT2D eigenvalue weighted by Gasteiger charge is 2.40. The van der Waals surface area contributed by atoms with E-state index in [0.717, 1.165) is 5.75 Å². The number of sulfonamides is 1. The van der Waals surface area contributed by atoms with Gasteiger partial charge in [0.2, 0.25) is 15.9 Å². The molecule has 0 radical (unpaired) electrons. The summed E-state index contributed by atoms with van der Waals surface area (Å²) in [5, 5.41) is 0. The number of hydrogen-bond acceptors (Lipinski definition) is 4. The molecule has 0 aromatic heterocycles. The van der Waals surface area contributed by atoms with Crippen molar-refractivity contribution in [3.05, 3.63) is 60.7 Å². The van der Waals surface area contributed by atoms with Gasteiger partial charge in [0.05, 0.1) is 11.4 Å². The van der Waals surface area contributed by atoms with Gasteiger partial charge in [-0.1, -0.05) is 36.4 Å². The molecule has 3 rings (SSSR count). The molecule has 6 nitrogen and oxygen atoms in total. The molecule has 0 aliphatic carbocycles. The maximum atomic E-state index is 12.9. The summed E-state index contributed by atoms with van der Waals surface area (Å²) in [5.41, 5.74) is 0. The first kappa shape index (κ1) is 19.4. The second kappa shape index (κ2) is 8.54. The molecule has 2 aromatic carbocycles. The van der Waals surface area contributed by atoms with E-state index in [4.69, 9.17) is 4.74 Å². The van der Waals surface area contributed by atoms with Crippen LogP contribution in [0, 0.1) is 0 Å². The van der Waals surface area contributed by atoms with Gasteiger partial charge in [0.1, 0.15) is 18.4 Å². The molecule has 27 heavy (non-hydrogen) atoms. The van der Waals surface area contributed by atoms with Crippen LogP contribution in [-0.4, -0.2) is 56.3 Å². The topological polar surface area (TPSA) is 66.9 Å². The highest BCUT2D eigenvalue weighted by atomic mass is 32.2. The van der Waals surface area contributed by atoms with Crippen LogP contribution >= 0.6 is 0 Å². The van der Waals surface area contributed by atoms with Gasteiger partial charge in [0.25, 0.3) is 0 Å². The van der Waals surface area contributed by atoms with E-state index in [1.807, 2.05) is 30.3 Å². The van der Waals surface area contributed by atoms with Crippen LogP contribution in [-0.2, 0) is 14.8 Å². The number of amides is 1. The second-order valence-electron chi connectivity index (χ2n) is 6.51. The molecule has 0 spiro atoms. The Morgan fingerprint density at radius 2 is 1.74 bits per heavy atom. The minimum absolute atomic E-state index is 0.191. The van der Waals surface area contributed by atoms with Crippen LogP contribution in [0.2, 0.25) is 0 Å². The summed E-state index contributed by atoms with van der Waals surface area (Å²) >= 11 is 0. The molecule has 7 heteroatoms. The lowest BCUT2D eigenvalue weighted by Gasteiger charge is -2.27. The van der Waals surface area contributed by atoms with Crippen molar-refractivity contribution < 1.29 is 17.9 Å². The third-order valence-corrected chi connectivity index (χ3v) is 6.58. The van der Waals surface area contributed by atoms with E-state index in [1.165, 1.54) is 4.31 Å². The molecule has 1 aliphatic heterocycles. The summed E-state index contributed by atoms with van der Waals surface area (Å²) in [6.45, 7) is 1.11. The van der Waals surface area contributed by atoms with E-state index < -0.39 is 16.1 Å². The minimum atomic E-state index is -3.68. The molecule has 1 atom stereocenters. The Morgan fingerprint density at radius 1 is 1.11 bits per heavy atom. The van der Waals surface area contributed by atoms with Crippen LogP contribution in [0.1, 0.15) is 12.8 Å². The second-order valence-corrected chi connectivity index (χ2v) is 8.40. The molecule has 1 saturated heterocycles. The van der Waals surface area contributed by atoms with Gasteiger partial charge in [-0.25, -0.2) is 8.42 Å². The fourth-order valence-corrected chi connectivity index (χ4v) is 4.86. The average molecular weight is 388 g/mol. The van der Waals surface area contributed by atoms with E-state index in [0.29, 0.717) is 32.5 Å². The maximum absolute atomic E-state index is 12.9. The van der Waals surface area contributed by atoms with Crippen molar-refractivity contribution in [2.75, 3.05) is 26.7 Å². The van der Waals surface area contributed by atoms with Gasteiger partial charge in [-0.2, -0.15) is 4.31 Å². The SMILES string of the molecule is CN(CCOc1ccccc1)C(=O)C1CCCN1S(=O)(=O)c1ccccc1. The Kier molecular flexibility index (Phi) is 6.13. The molecule has 1 aliphatic rings. The van der Waals surface area contributed by atoms with Crippen LogP contribution in [0.25, 0.3) is 0 Å². The Balaban J connectivity index is 1.63. The first-order valence-corrected chi connectivity index (χ1v) is 10.4. The van der Waals surface area contributed by atoms with Crippen molar-refractivity contribution in [1.29, 1.82) is 0 Å². The van der Waals surface area contributed by atoms with Crippen LogP contribution in [0.15, 0.2) is 65.6 Å². The standard InChI is InChI=1S/C20H24N2O4S/c1-21(15-16-26-17-9-4-2-5-10-17)20(23)19-13-8-14-22(19)27(24,25)18-11-6-3-7-12-18/h2-7,9-12,19H,8,13-16H2,1H3. The van der Waals surface area contributed by atoms with E-state index in [-0.39, 0.29) is 10.8 Å². The normalized spacial score (nSPS) is 17.6. The molecule has 1 heterocycles. The molecular formula is C20H24N2O4S. The van der Waals surface area contributed by atoms with E-state index in [2.05, 4.69) is 0 Å². The number of carbonyl (C=O) groups is 1. The van der Waals surface area contributed by atoms with Gasteiger partial charge in [-0.15, -0.1) is 0 Å². The summed E-state index contributed by atoms with van der Waals surface area (Å²) in [4.78, 5) is 14.6. The van der Waals surface area contributed by atoms with Gasteiger partial charge in [0, 0.05) is 13.6 Å². The molecule has 0 bridgehead atoms. The third kappa shape index (κ3) is 4.48. The van der Waals surface area contributed by atoms with Crippen molar-refractivity contribution in [2.24, 2.45) is 0 Å². The molecular weight excluding hydrogens is 364 g/mol. The number of ether oxygens (including phenoxy) is 1. The van der Waals surface area contributed by atoms with Crippen molar-refractivity contribution in [2.45, 2.75) is 23.8 Å². The van der Waals surface area contributed by atoms with Crippen molar-refractivity contribution >= 4 is 15.9 Å². The van der Waals surface area contributed by atoms with Crippen LogP contribution in [0.5, 0.6) is 5.75 Å². The Labute approximate surface area is 160 Å². The summed E-state index contributed by atoms with van der Waals surface area (Å²) in [6.07, 6.45) is 1.21.